The van der Waals surface area contributed by atoms with Crippen molar-refractivity contribution in [3.63, 3.8) is 0 Å². The number of nitrogens with one attached hydrogen (secondary N) is 2. The second-order valence-electron chi connectivity index (χ2n) is 11.4. The Bertz CT molecular complexity index is 2180. The summed E-state index contributed by atoms with van der Waals surface area (Å²) in [7, 11) is 0. The highest BCUT2D eigenvalue weighted by Crippen LogP contribution is 2.23. The van der Waals surface area contributed by atoms with E-state index in [0.717, 1.165) is 0 Å². The highest BCUT2D eigenvalue weighted by atomic mass is 16.2. The van der Waals surface area contributed by atoms with Crippen LogP contribution < -0.4 is 22.1 Å². The Morgan fingerprint density at radius 2 is 1.24 bits per heavy atom. The van der Waals surface area contributed by atoms with Gasteiger partial charge in [0.2, 0.25) is 23.7 Å². The third kappa shape index (κ3) is 6.43. The zero-order chi connectivity index (χ0) is 35.7. The number of pyridine rings is 1. The van der Waals surface area contributed by atoms with Crippen molar-refractivity contribution in [2.45, 2.75) is 53.9 Å². The molecular weight excluding hydrogens is 642 g/mol. The minimum Gasteiger partial charge on any atom is -0.366 e. The van der Waals surface area contributed by atoms with Gasteiger partial charge in [0.25, 0.3) is 11.8 Å². The minimum atomic E-state index is -0.658. The van der Waals surface area contributed by atoms with Crippen molar-refractivity contribution >= 4 is 57.7 Å². The maximum atomic E-state index is 13.4. The molecule has 5 aromatic heterocycles. The largest absolute Gasteiger partial charge is 0.366 e. The molecule has 1 aromatic carbocycles. The molecule has 0 radical (unpaired) electrons. The van der Waals surface area contributed by atoms with Crippen LogP contribution in [0.3, 0.4) is 0 Å². The summed E-state index contributed by atoms with van der Waals surface area (Å²) >= 11 is 0. The number of carbonyl (C=O) groups is 4. The number of imidazole rings is 2. The van der Waals surface area contributed by atoms with Crippen molar-refractivity contribution in [1.82, 2.24) is 43.6 Å². The van der Waals surface area contributed by atoms with Gasteiger partial charge >= 0.3 is 0 Å². The highest BCUT2D eigenvalue weighted by Gasteiger charge is 2.21. The first kappa shape index (κ1) is 33.3. The number of benzene rings is 1. The number of fused-ring (bicyclic) bond motifs is 2. The maximum absolute atomic E-state index is 13.4. The van der Waals surface area contributed by atoms with Crippen LogP contribution in [0.4, 0.5) is 11.9 Å². The fourth-order valence-electron chi connectivity index (χ4n) is 5.61. The molecule has 5 heterocycles. The summed E-state index contributed by atoms with van der Waals surface area (Å²) in [5, 5.41) is 14.5. The van der Waals surface area contributed by atoms with Crippen LogP contribution in [-0.2, 0) is 26.2 Å². The summed E-state index contributed by atoms with van der Waals surface area (Å²) < 4.78 is 6.67. The van der Waals surface area contributed by atoms with E-state index >= 15 is 0 Å². The van der Waals surface area contributed by atoms with E-state index in [1.807, 2.05) is 32.9 Å². The first-order chi connectivity index (χ1) is 24.0. The van der Waals surface area contributed by atoms with Gasteiger partial charge in [0.05, 0.1) is 28.0 Å². The molecule has 4 amide bonds. The Kier molecular flexibility index (Phi) is 8.95. The molecule has 6 aromatic rings. The molecule has 0 aliphatic heterocycles. The Morgan fingerprint density at radius 1 is 0.720 bits per heavy atom. The van der Waals surface area contributed by atoms with Gasteiger partial charge in [0, 0.05) is 37.9 Å². The lowest BCUT2D eigenvalue weighted by atomic mass is 10.2. The average molecular weight is 678 g/mol. The zero-order valence-corrected chi connectivity index (χ0v) is 27.8. The molecule has 0 aliphatic carbocycles. The predicted octanol–water partition coefficient (Wildman–Crippen LogP) is 2.79. The SMILES string of the molecule is CCn1nc(C)cc1C(=O)Nc1nc2cc(C(N)=O)ccc2n1C/C=C/Cn1c(NC(=O)c2cc(C)nn2CC)nc2cc(C(N)=O)cnc21. The molecule has 0 saturated carbocycles. The number of allylic oxidation sites excluding steroid dienone is 2. The first-order valence-corrected chi connectivity index (χ1v) is 15.8. The summed E-state index contributed by atoms with van der Waals surface area (Å²) in [6, 6.07) is 9.77. The summed E-state index contributed by atoms with van der Waals surface area (Å²) in [6.07, 6.45) is 5.04. The molecule has 6 rings (SSSR count). The van der Waals surface area contributed by atoms with Gasteiger partial charge in [-0.1, -0.05) is 12.2 Å². The molecule has 17 nitrogen and oxygen atoms in total. The molecule has 0 fully saturated rings. The quantitative estimate of drug-likeness (QED) is 0.139. The molecule has 50 heavy (non-hydrogen) atoms. The topological polar surface area (TPSA) is 229 Å². The number of aryl methyl sites for hydroxylation is 4. The predicted molar refractivity (Wildman–Crippen MR) is 185 cm³/mol. The van der Waals surface area contributed by atoms with Crippen LogP contribution in [0.15, 0.2) is 54.7 Å². The number of nitrogens with zero attached hydrogens (tertiary/aromatic N) is 9. The van der Waals surface area contributed by atoms with Gasteiger partial charge in [0.15, 0.2) is 5.65 Å². The standard InChI is InChI=1S/C33H35N13O4/c1-5-45-25(13-18(3)41-45)30(49)39-32-37-22-15-20(27(34)47)9-10-24(22)43(32)11-7-8-12-44-29-23(16-21(17-36-29)28(35)48)38-33(44)40-31(50)26-14-19(4)42-46(26)6-2/h7-10,13-17H,5-6,11-12H2,1-4H3,(H2,34,47)(H2,35,48)(H,37,39,49)(H,38,40,50)/b8-7+. The summed E-state index contributed by atoms with van der Waals surface area (Å²) in [6.45, 7) is 8.87. The number of hydrogen-bond acceptors (Lipinski definition) is 9. The lowest BCUT2D eigenvalue weighted by Crippen LogP contribution is -2.20. The van der Waals surface area contributed by atoms with E-state index in [-0.39, 0.29) is 36.1 Å². The van der Waals surface area contributed by atoms with Crippen molar-refractivity contribution in [3.8, 4) is 0 Å². The van der Waals surface area contributed by atoms with E-state index in [1.54, 1.807) is 55.8 Å². The summed E-state index contributed by atoms with van der Waals surface area (Å²) in [4.78, 5) is 64.0. The van der Waals surface area contributed by atoms with Gasteiger partial charge < -0.3 is 16.0 Å². The van der Waals surface area contributed by atoms with Gasteiger partial charge in [-0.2, -0.15) is 10.2 Å². The number of amides is 4. The molecule has 256 valence electrons. The van der Waals surface area contributed by atoms with Gasteiger partial charge in [-0.25, -0.2) is 15.0 Å². The second kappa shape index (κ2) is 13.5. The van der Waals surface area contributed by atoms with Crippen LogP contribution in [0.1, 0.15) is 66.9 Å². The van der Waals surface area contributed by atoms with Crippen molar-refractivity contribution in [3.05, 3.63) is 88.6 Å². The lowest BCUT2D eigenvalue weighted by molar-refractivity contribution is 0.0992. The number of rotatable bonds is 12. The summed E-state index contributed by atoms with van der Waals surface area (Å²) in [5.74, 6) is -1.61. The maximum Gasteiger partial charge on any atom is 0.276 e. The molecular formula is C33H35N13O4. The van der Waals surface area contributed by atoms with Gasteiger partial charge in [-0.15, -0.1) is 0 Å². The van der Waals surface area contributed by atoms with E-state index in [2.05, 4.69) is 35.8 Å². The van der Waals surface area contributed by atoms with E-state index in [0.29, 0.717) is 58.1 Å². The van der Waals surface area contributed by atoms with Crippen molar-refractivity contribution in [1.29, 1.82) is 0 Å². The Hall–Kier alpha value is -6.65. The monoisotopic (exact) mass is 677 g/mol. The van der Waals surface area contributed by atoms with E-state index in [1.165, 1.54) is 12.3 Å². The Balaban J connectivity index is 1.32. The van der Waals surface area contributed by atoms with Crippen LogP contribution in [-0.4, -0.2) is 67.3 Å². The van der Waals surface area contributed by atoms with Crippen molar-refractivity contribution in [2.75, 3.05) is 10.6 Å². The Labute approximate surface area is 285 Å². The number of carbonyl (C=O) groups excluding carboxylic acids is 4. The van der Waals surface area contributed by atoms with Crippen LogP contribution in [0.2, 0.25) is 0 Å². The molecule has 0 aliphatic rings. The van der Waals surface area contributed by atoms with E-state index in [9.17, 15) is 19.2 Å². The van der Waals surface area contributed by atoms with Crippen molar-refractivity contribution in [2.24, 2.45) is 11.5 Å². The normalized spacial score (nSPS) is 11.5. The van der Waals surface area contributed by atoms with E-state index in [4.69, 9.17) is 11.5 Å². The van der Waals surface area contributed by atoms with Gasteiger partial charge in [-0.05, 0) is 64.1 Å². The second-order valence-corrected chi connectivity index (χ2v) is 11.4. The fraction of sp³-hybridized carbons (Fsp3) is 0.242. The highest BCUT2D eigenvalue weighted by molar-refractivity contribution is 6.04. The molecule has 0 bridgehead atoms. The number of nitrogens with two attached hydrogens (primary N) is 2. The van der Waals surface area contributed by atoms with Crippen LogP contribution in [0, 0.1) is 13.8 Å². The summed E-state index contributed by atoms with van der Waals surface area (Å²) in [5.41, 5.74) is 15.5. The lowest BCUT2D eigenvalue weighted by Gasteiger charge is -2.10. The fourth-order valence-corrected chi connectivity index (χ4v) is 5.61. The third-order valence-corrected chi connectivity index (χ3v) is 7.96. The number of aromatic nitrogens is 9. The Morgan fingerprint density at radius 3 is 1.80 bits per heavy atom. The number of hydrogen-bond donors (Lipinski definition) is 4. The molecule has 0 spiro atoms. The first-order valence-electron chi connectivity index (χ1n) is 15.8. The zero-order valence-electron chi connectivity index (χ0n) is 27.8. The molecule has 17 heteroatoms. The van der Waals surface area contributed by atoms with Gasteiger partial charge in [0.1, 0.15) is 16.9 Å². The van der Waals surface area contributed by atoms with Crippen molar-refractivity contribution < 1.29 is 19.2 Å². The average Bonchev–Trinajstić information content (AvgIpc) is 3.84. The number of primary amides is 2. The molecule has 0 unspecified atom stereocenters. The third-order valence-electron chi connectivity index (χ3n) is 7.96. The molecule has 0 atom stereocenters. The smallest absolute Gasteiger partial charge is 0.276 e. The number of anilines is 2. The van der Waals surface area contributed by atoms with Crippen LogP contribution in [0.25, 0.3) is 22.2 Å². The van der Waals surface area contributed by atoms with Crippen LogP contribution >= 0.6 is 0 Å². The minimum absolute atomic E-state index is 0.174. The van der Waals surface area contributed by atoms with E-state index < -0.39 is 23.6 Å². The molecule has 6 N–H and O–H groups in total. The van der Waals surface area contributed by atoms with Crippen LogP contribution in [0.5, 0.6) is 0 Å². The molecule has 0 saturated heterocycles. The van der Waals surface area contributed by atoms with Gasteiger partial charge in [-0.3, -0.25) is 43.7 Å².